The van der Waals surface area contributed by atoms with Crippen molar-refractivity contribution in [3.05, 3.63) is 47.5 Å². The topological polar surface area (TPSA) is 32.7 Å². The van der Waals surface area contributed by atoms with Gasteiger partial charge in [0.25, 0.3) is 0 Å². The molecule has 0 spiro atoms. The van der Waals surface area contributed by atoms with Crippen LogP contribution in [0.1, 0.15) is 45.1 Å². The van der Waals surface area contributed by atoms with Crippen molar-refractivity contribution in [2.75, 3.05) is 19.8 Å². The maximum absolute atomic E-state index is 10.5. The van der Waals surface area contributed by atoms with E-state index in [0.717, 1.165) is 12.5 Å². The summed E-state index contributed by atoms with van der Waals surface area (Å²) in [5, 5.41) is 10.5. The molecule has 142 valence electrons. The molecule has 3 nitrogen and oxygen atoms in total. The first-order chi connectivity index (χ1) is 12.5. The highest BCUT2D eigenvalue weighted by molar-refractivity contribution is 5.23. The van der Waals surface area contributed by atoms with Crippen molar-refractivity contribution in [1.82, 2.24) is 4.90 Å². The van der Waals surface area contributed by atoms with Crippen LogP contribution >= 0.6 is 0 Å². The Balaban J connectivity index is 1.23. The van der Waals surface area contributed by atoms with E-state index in [0.29, 0.717) is 37.1 Å². The number of hydrogen-bond donors (Lipinski definition) is 1. The lowest BCUT2D eigenvalue weighted by atomic mass is 9.49. The molecule has 5 rings (SSSR count). The number of fused-ring (bicyclic) bond motifs is 1. The Morgan fingerprint density at radius 2 is 2.00 bits per heavy atom. The number of aliphatic hydroxyl groups is 1. The van der Waals surface area contributed by atoms with Crippen molar-refractivity contribution in [2.24, 2.45) is 17.3 Å². The Morgan fingerprint density at radius 3 is 2.65 bits per heavy atom. The third-order valence-electron chi connectivity index (χ3n) is 6.90. The summed E-state index contributed by atoms with van der Waals surface area (Å²) < 4.78 is 5.93. The second kappa shape index (κ2) is 7.46. The number of nitrogens with zero attached hydrogens (tertiary/aromatic N) is 1. The largest absolute Gasteiger partial charge is 0.389 e. The molecule has 2 bridgehead atoms. The molecular weight excluding hydrogens is 322 g/mol. The fraction of sp³-hybridized carbons (Fsp3) is 0.652. The minimum absolute atomic E-state index is 0.411. The van der Waals surface area contributed by atoms with E-state index in [4.69, 9.17) is 4.74 Å². The molecule has 2 fully saturated rings. The van der Waals surface area contributed by atoms with Gasteiger partial charge in [0.1, 0.15) is 0 Å². The van der Waals surface area contributed by atoms with E-state index in [1.165, 1.54) is 36.8 Å². The molecule has 0 aromatic heterocycles. The summed E-state index contributed by atoms with van der Waals surface area (Å²) in [5.74, 6) is 1.56. The molecule has 1 N–H and O–H groups in total. The van der Waals surface area contributed by atoms with Crippen molar-refractivity contribution in [1.29, 1.82) is 0 Å². The van der Waals surface area contributed by atoms with Crippen molar-refractivity contribution in [3.63, 3.8) is 0 Å². The van der Waals surface area contributed by atoms with Crippen LogP contribution < -0.4 is 0 Å². The van der Waals surface area contributed by atoms with Gasteiger partial charge < -0.3 is 9.84 Å². The molecule has 26 heavy (non-hydrogen) atoms. The van der Waals surface area contributed by atoms with E-state index in [-0.39, 0.29) is 0 Å². The Labute approximate surface area is 158 Å². The lowest BCUT2D eigenvalue weighted by Crippen LogP contribution is -2.48. The molecule has 0 radical (unpaired) electrons. The molecule has 1 aromatic rings. The van der Waals surface area contributed by atoms with Crippen molar-refractivity contribution in [3.8, 4) is 0 Å². The molecule has 0 aliphatic heterocycles. The Hall–Kier alpha value is -1.16. The van der Waals surface area contributed by atoms with Crippen LogP contribution in [0.5, 0.6) is 0 Å². The predicted octanol–water partition coefficient (Wildman–Crippen LogP) is 4.02. The quantitative estimate of drug-likeness (QED) is 0.679. The van der Waals surface area contributed by atoms with Crippen LogP contribution in [0.2, 0.25) is 0 Å². The minimum atomic E-state index is -0.411. The van der Waals surface area contributed by atoms with Crippen LogP contribution in [0.4, 0.5) is 0 Å². The maximum Gasteiger partial charge on any atom is 0.0900 e. The molecule has 3 unspecified atom stereocenters. The summed E-state index contributed by atoms with van der Waals surface area (Å²) in [5.41, 5.74) is 3.24. The van der Waals surface area contributed by atoms with Gasteiger partial charge in [-0.15, -0.1) is 0 Å². The van der Waals surface area contributed by atoms with E-state index < -0.39 is 6.10 Å². The van der Waals surface area contributed by atoms with Crippen LogP contribution in [0.25, 0.3) is 0 Å². The average Bonchev–Trinajstić information content (AvgIpc) is 3.47. The monoisotopic (exact) mass is 355 g/mol. The molecule has 0 amide bonds. The van der Waals surface area contributed by atoms with Crippen molar-refractivity contribution >= 4 is 0 Å². The normalized spacial score (nSPS) is 27.8. The van der Waals surface area contributed by atoms with E-state index in [9.17, 15) is 5.11 Å². The van der Waals surface area contributed by atoms with Gasteiger partial charge in [-0.05, 0) is 54.1 Å². The molecule has 0 saturated heterocycles. The van der Waals surface area contributed by atoms with Crippen molar-refractivity contribution in [2.45, 2.75) is 58.2 Å². The third kappa shape index (κ3) is 3.90. The summed E-state index contributed by atoms with van der Waals surface area (Å²) in [4.78, 5) is 2.42. The predicted molar refractivity (Wildman–Crippen MR) is 105 cm³/mol. The lowest BCUT2D eigenvalue weighted by molar-refractivity contribution is -0.0266. The minimum Gasteiger partial charge on any atom is -0.389 e. The van der Waals surface area contributed by atoms with E-state index in [2.05, 4.69) is 55.2 Å². The number of hydrogen-bond acceptors (Lipinski definition) is 3. The van der Waals surface area contributed by atoms with E-state index in [1.807, 2.05) is 0 Å². The molecule has 1 aromatic carbocycles. The van der Waals surface area contributed by atoms with Crippen LogP contribution in [-0.4, -0.2) is 41.9 Å². The number of rotatable bonds is 9. The van der Waals surface area contributed by atoms with Gasteiger partial charge in [-0.1, -0.05) is 50.3 Å². The molecule has 4 aliphatic carbocycles. The SMILES string of the molecule is CC1(C)C2CC=C(COCC(O)CN(Cc3ccccc3)C3CC3)C1C2. The summed E-state index contributed by atoms with van der Waals surface area (Å²) in [7, 11) is 0. The van der Waals surface area contributed by atoms with Gasteiger partial charge in [0.15, 0.2) is 0 Å². The number of allylic oxidation sites excluding steroid dienone is 1. The maximum atomic E-state index is 10.5. The molecule has 4 aliphatic rings. The smallest absolute Gasteiger partial charge is 0.0900 e. The third-order valence-corrected chi connectivity index (χ3v) is 6.90. The first kappa shape index (κ1) is 18.2. The molecule has 2 saturated carbocycles. The number of benzene rings is 1. The highest BCUT2D eigenvalue weighted by Crippen LogP contribution is 2.59. The van der Waals surface area contributed by atoms with Crippen LogP contribution in [-0.2, 0) is 11.3 Å². The van der Waals surface area contributed by atoms with Gasteiger partial charge >= 0.3 is 0 Å². The van der Waals surface area contributed by atoms with Crippen LogP contribution in [0, 0.1) is 17.3 Å². The summed E-state index contributed by atoms with van der Waals surface area (Å²) in [6.45, 7) is 7.54. The molecule has 3 atom stereocenters. The summed E-state index contributed by atoms with van der Waals surface area (Å²) in [6, 6.07) is 11.2. The molecule has 0 heterocycles. The van der Waals surface area contributed by atoms with Crippen molar-refractivity contribution < 1.29 is 9.84 Å². The number of aliphatic hydroxyl groups excluding tert-OH is 1. The second-order valence-electron chi connectivity index (χ2n) is 9.14. The zero-order valence-electron chi connectivity index (χ0n) is 16.2. The first-order valence-corrected chi connectivity index (χ1v) is 10.3. The summed E-state index contributed by atoms with van der Waals surface area (Å²) in [6.07, 6.45) is 7.03. The highest BCUT2D eigenvalue weighted by Gasteiger charge is 2.50. The van der Waals surface area contributed by atoms with Gasteiger partial charge in [-0.2, -0.15) is 0 Å². The zero-order valence-corrected chi connectivity index (χ0v) is 16.2. The zero-order chi connectivity index (χ0) is 18.1. The molecular formula is C23H33NO2. The van der Waals surface area contributed by atoms with Gasteiger partial charge in [0.05, 0.1) is 19.3 Å². The van der Waals surface area contributed by atoms with E-state index >= 15 is 0 Å². The Morgan fingerprint density at radius 1 is 1.23 bits per heavy atom. The Kier molecular flexibility index (Phi) is 5.22. The number of ether oxygens (including phenoxy) is 1. The van der Waals surface area contributed by atoms with Crippen LogP contribution in [0.15, 0.2) is 42.0 Å². The Bertz CT molecular complexity index is 635. The highest BCUT2D eigenvalue weighted by atomic mass is 16.5. The van der Waals surface area contributed by atoms with Crippen LogP contribution in [0.3, 0.4) is 0 Å². The average molecular weight is 356 g/mol. The first-order valence-electron chi connectivity index (χ1n) is 10.3. The van der Waals surface area contributed by atoms with Gasteiger partial charge in [0, 0.05) is 19.1 Å². The van der Waals surface area contributed by atoms with Gasteiger partial charge in [-0.3, -0.25) is 4.90 Å². The molecule has 3 heteroatoms. The fourth-order valence-electron chi connectivity index (χ4n) is 4.88. The van der Waals surface area contributed by atoms with Gasteiger partial charge in [0.2, 0.25) is 0 Å². The second-order valence-corrected chi connectivity index (χ2v) is 9.14. The standard InChI is InChI=1S/C23H33NO2/c1-23(2)19-9-8-18(22(23)12-19)15-26-16-21(25)14-24(20-10-11-20)13-17-6-4-3-5-7-17/h3-8,19-22,25H,9-16H2,1-2H3. The fourth-order valence-corrected chi connectivity index (χ4v) is 4.88. The van der Waals surface area contributed by atoms with Gasteiger partial charge in [-0.25, -0.2) is 0 Å². The summed E-state index contributed by atoms with van der Waals surface area (Å²) >= 11 is 0. The lowest BCUT2D eigenvalue weighted by Gasteiger charge is -2.56. The van der Waals surface area contributed by atoms with E-state index in [1.54, 1.807) is 0 Å².